The molecule has 1 fully saturated rings. The molecule has 7 heteroatoms. The molecule has 0 aromatic carbocycles. The lowest BCUT2D eigenvalue weighted by Crippen LogP contribution is -2.41. The molecule has 0 radical (unpaired) electrons. The SMILES string of the molecule is CCNC(=NCC(C)c1c(C)noc1C)NCC1CCCO1.I. The van der Waals surface area contributed by atoms with E-state index < -0.39 is 0 Å². The van der Waals surface area contributed by atoms with E-state index in [1.807, 2.05) is 13.8 Å². The summed E-state index contributed by atoms with van der Waals surface area (Å²) in [4.78, 5) is 4.68. The molecule has 2 rings (SSSR count). The average Bonchev–Trinajstić information content (AvgIpc) is 3.12. The Morgan fingerprint density at radius 1 is 1.39 bits per heavy atom. The van der Waals surface area contributed by atoms with Gasteiger partial charge in [0.1, 0.15) is 5.76 Å². The van der Waals surface area contributed by atoms with Crippen LogP contribution in [0.3, 0.4) is 0 Å². The van der Waals surface area contributed by atoms with Crippen molar-refractivity contribution in [3.05, 3.63) is 17.0 Å². The number of halogens is 1. The van der Waals surface area contributed by atoms with Crippen molar-refractivity contribution in [1.29, 1.82) is 0 Å². The van der Waals surface area contributed by atoms with Gasteiger partial charge in [0.15, 0.2) is 5.96 Å². The third kappa shape index (κ3) is 5.95. The minimum atomic E-state index is 0. The first-order chi connectivity index (χ1) is 10.6. The van der Waals surface area contributed by atoms with Gasteiger partial charge < -0.3 is 19.9 Å². The lowest BCUT2D eigenvalue weighted by molar-refractivity contribution is 0.114. The Kier molecular flexibility index (Phi) is 8.90. The third-order valence-corrected chi connectivity index (χ3v) is 3.97. The molecular formula is C16H29IN4O2. The Balaban J connectivity index is 0.00000264. The van der Waals surface area contributed by atoms with Gasteiger partial charge >= 0.3 is 0 Å². The second-order valence-corrected chi connectivity index (χ2v) is 5.87. The summed E-state index contributed by atoms with van der Waals surface area (Å²) >= 11 is 0. The second kappa shape index (κ2) is 10.1. The zero-order valence-corrected chi connectivity index (χ0v) is 16.8. The number of hydrogen-bond acceptors (Lipinski definition) is 4. The van der Waals surface area contributed by atoms with Crippen LogP contribution in [0, 0.1) is 13.8 Å². The number of guanidine groups is 1. The summed E-state index contributed by atoms with van der Waals surface area (Å²) in [6.45, 7) is 11.4. The van der Waals surface area contributed by atoms with Crippen molar-refractivity contribution in [2.45, 2.75) is 52.6 Å². The summed E-state index contributed by atoms with van der Waals surface area (Å²) in [5.41, 5.74) is 2.12. The number of nitrogens with one attached hydrogen (secondary N) is 2. The number of aromatic nitrogens is 1. The van der Waals surface area contributed by atoms with Gasteiger partial charge in [-0.15, -0.1) is 24.0 Å². The van der Waals surface area contributed by atoms with Gasteiger partial charge in [-0.2, -0.15) is 0 Å². The molecule has 132 valence electrons. The third-order valence-electron chi connectivity index (χ3n) is 3.97. The van der Waals surface area contributed by atoms with E-state index in [0.29, 0.717) is 12.6 Å². The monoisotopic (exact) mass is 436 g/mol. The molecule has 1 aromatic heterocycles. The normalized spacial score (nSPS) is 19.3. The molecule has 2 atom stereocenters. The molecule has 1 aliphatic heterocycles. The predicted octanol–water partition coefficient (Wildman–Crippen LogP) is 2.75. The van der Waals surface area contributed by atoms with Crippen LogP contribution in [0.25, 0.3) is 0 Å². The van der Waals surface area contributed by atoms with Crippen LogP contribution in [-0.4, -0.2) is 43.5 Å². The summed E-state index contributed by atoms with van der Waals surface area (Å²) in [6, 6.07) is 0. The maximum absolute atomic E-state index is 5.63. The number of rotatable bonds is 6. The number of nitrogens with zero attached hydrogens (tertiary/aromatic N) is 2. The summed E-state index contributed by atoms with van der Waals surface area (Å²) in [5, 5.41) is 10.7. The van der Waals surface area contributed by atoms with E-state index in [2.05, 4.69) is 34.6 Å². The van der Waals surface area contributed by atoms with E-state index in [1.54, 1.807) is 0 Å². The first-order valence-electron chi connectivity index (χ1n) is 8.18. The van der Waals surface area contributed by atoms with Crippen molar-refractivity contribution in [2.75, 3.05) is 26.2 Å². The van der Waals surface area contributed by atoms with E-state index in [0.717, 1.165) is 50.0 Å². The lowest BCUT2D eigenvalue weighted by Gasteiger charge is -2.16. The molecule has 0 spiro atoms. The molecule has 1 aliphatic rings. The van der Waals surface area contributed by atoms with Crippen molar-refractivity contribution < 1.29 is 9.26 Å². The summed E-state index contributed by atoms with van der Waals surface area (Å²) in [7, 11) is 0. The molecule has 1 aromatic rings. The Labute approximate surface area is 155 Å². The topological polar surface area (TPSA) is 71.7 Å². The fourth-order valence-corrected chi connectivity index (χ4v) is 2.87. The Morgan fingerprint density at radius 2 is 2.17 bits per heavy atom. The summed E-state index contributed by atoms with van der Waals surface area (Å²) in [5.74, 6) is 2.01. The summed E-state index contributed by atoms with van der Waals surface area (Å²) in [6.07, 6.45) is 2.59. The number of ether oxygens (including phenoxy) is 1. The van der Waals surface area contributed by atoms with Gasteiger partial charge in [0.05, 0.1) is 11.8 Å². The number of aryl methyl sites for hydroxylation is 2. The van der Waals surface area contributed by atoms with Crippen molar-refractivity contribution in [1.82, 2.24) is 15.8 Å². The van der Waals surface area contributed by atoms with Crippen LogP contribution in [0.1, 0.15) is 49.6 Å². The first-order valence-corrected chi connectivity index (χ1v) is 8.18. The highest BCUT2D eigenvalue weighted by Crippen LogP contribution is 2.23. The van der Waals surface area contributed by atoms with Crippen molar-refractivity contribution in [3.8, 4) is 0 Å². The van der Waals surface area contributed by atoms with Crippen molar-refractivity contribution in [3.63, 3.8) is 0 Å². The van der Waals surface area contributed by atoms with Crippen LogP contribution in [0.15, 0.2) is 9.52 Å². The Morgan fingerprint density at radius 3 is 2.74 bits per heavy atom. The first kappa shape index (κ1) is 20.2. The molecule has 23 heavy (non-hydrogen) atoms. The zero-order chi connectivity index (χ0) is 15.9. The zero-order valence-electron chi connectivity index (χ0n) is 14.5. The average molecular weight is 436 g/mol. The highest BCUT2D eigenvalue weighted by atomic mass is 127. The molecule has 2 heterocycles. The maximum atomic E-state index is 5.63. The molecule has 0 bridgehead atoms. The Hall–Kier alpha value is -0.830. The van der Waals surface area contributed by atoms with Crippen LogP contribution >= 0.6 is 24.0 Å². The molecular weight excluding hydrogens is 407 g/mol. The van der Waals surface area contributed by atoms with Gasteiger partial charge in [0, 0.05) is 37.7 Å². The Bertz CT molecular complexity index is 479. The lowest BCUT2D eigenvalue weighted by atomic mass is 10.00. The molecule has 0 aliphatic carbocycles. The number of hydrogen-bond donors (Lipinski definition) is 2. The molecule has 2 N–H and O–H groups in total. The highest BCUT2D eigenvalue weighted by Gasteiger charge is 2.17. The van der Waals surface area contributed by atoms with Gasteiger partial charge in [0.2, 0.25) is 0 Å². The standard InChI is InChI=1S/C16H28N4O2.HI/c1-5-17-16(19-10-14-7-6-8-21-14)18-9-11(2)15-12(3)20-22-13(15)4;/h11,14H,5-10H2,1-4H3,(H2,17,18,19);1H. The van der Waals surface area contributed by atoms with Crippen LogP contribution in [0.4, 0.5) is 0 Å². The van der Waals surface area contributed by atoms with Crippen LogP contribution in [-0.2, 0) is 4.74 Å². The van der Waals surface area contributed by atoms with Gasteiger partial charge in [-0.25, -0.2) is 0 Å². The fraction of sp³-hybridized carbons (Fsp3) is 0.750. The van der Waals surface area contributed by atoms with Gasteiger partial charge in [-0.1, -0.05) is 12.1 Å². The van der Waals surface area contributed by atoms with Crippen LogP contribution in [0.2, 0.25) is 0 Å². The van der Waals surface area contributed by atoms with Crippen LogP contribution in [0.5, 0.6) is 0 Å². The summed E-state index contributed by atoms with van der Waals surface area (Å²) < 4.78 is 10.9. The molecule has 2 unspecified atom stereocenters. The van der Waals surface area contributed by atoms with E-state index in [-0.39, 0.29) is 29.9 Å². The quantitative estimate of drug-likeness (QED) is 0.408. The highest BCUT2D eigenvalue weighted by molar-refractivity contribution is 14.0. The van der Waals surface area contributed by atoms with E-state index >= 15 is 0 Å². The predicted molar refractivity (Wildman–Crippen MR) is 103 cm³/mol. The minimum absolute atomic E-state index is 0. The van der Waals surface area contributed by atoms with E-state index in [9.17, 15) is 0 Å². The van der Waals surface area contributed by atoms with Crippen molar-refractivity contribution >= 4 is 29.9 Å². The molecule has 6 nitrogen and oxygen atoms in total. The fourth-order valence-electron chi connectivity index (χ4n) is 2.87. The maximum Gasteiger partial charge on any atom is 0.191 e. The van der Waals surface area contributed by atoms with Crippen LogP contribution < -0.4 is 10.6 Å². The smallest absolute Gasteiger partial charge is 0.191 e. The molecule has 0 amide bonds. The van der Waals surface area contributed by atoms with E-state index in [4.69, 9.17) is 9.26 Å². The molecule has 0 saturated carbocycles. The largest absolute Gasteiger partial charge is 0.376 e. The molecule has 1 saturated heterocycles. The van der Waals surface area contributed by atoms with Gasteiger partial charge in [-0.3, -0.25) is 4.99 Å². The van der Waals surface area contributed by atoms with Gasteiger partial charge in [-0.05, 0) is 33.6 Å². The number of aliphatic imine (C=N–C) groups is 1. The van der Waals surface area contributed by atoms with Crippen molar-refractivity contribution in [2.24, 2.45) is 4.99 Å². The minimum Gasteiger partial charge on any atom is -0.376 e. The second-order valence-electron chi connectivity index (χ2n) is 5.87. The van der Waals surface area contributed by atoms with E-state index in [1.165, 1.54) is 5.56 Å². The van der Waals surface area contributed by atoms with Gasteiger partial charge in [0.25, 0.3) is 0 Å².